The lowest BCUT2D eigenvalue weighted by Crippen LogP contribution is -2.21. The molecule has 16 heteroatoms. The third-order valence-corrected chi connectivity index (χ3v) is 9.14. The highest BCUT2D eigenvalue weighted by Crippen LogP contribution is 2.40. The third-order valence-electron chi connectivity index (χ3n) is 9.06. The number of nitrogens with one attached hydrogen (secondary N) is 1. The molecule has 53 heavy (non-hydrogen) atoms. The molecule has 7 aromatic rings. The Balaban J connectivity index is 1.09. The Kier molecular flexibility index (Phi) is 7.71. The van der Waals surface area contributed by atoms with Crippen molar-refractivity contribution in [3.05, 3.63) is 114 Å². The van der Waals surface area contributed by atoms with Crippen molar-refractivity contribution in [1.29, 1.82) is 0 Å². The number of amides is 1. The zero-order chi connectivity index (χ0) is 36.4. The molecule has 1 atom stereocenters. The summed E-state index contributed by atoms with van der Waals surface area (Å²) in [6, 6.07) is 15.8. The fourth-order valence-corrected chi connectivity index (χ4v) is 6.86. The number of imidazole rings is 1. The van der Waals surface area contributed by atoms with Crippen LogP contribution in [0.25, 0.3) is 50.6 Å². The zero-order valence-corrected chi connectivity index (χ0v) is 28.4. The fraction of sp³-hybridized carbons (Fsp3) is 0.162. The van der Waals surface area contributed by atoms with Crippen LogP contribution in [0, 0.1) is 5.95 Å². The van der Waals surface area contributed by atoms with Crippen molar-refractivity contribution in [3.8, 4) is 45.3 Å². The summed E-state index contributed by atoms with van der Waals surface area (Å²) in [5.41, 5.74) is 3.61. The standard InChI is InChI=1S/C37H25ClF3N9O3/c1-19-17-52-18-31-46-30-13-20(35(51)45-23-4-6-24(7-5-23)53-37(38,40)41)11-26(33(30)50(19)31)21-12-27-29(44-15-21)14-22-16-49(48-32(22)27)36-43-10-8-28(47-36)25-3-2-9-42-34(25)39/h2-13,15-16,19H,14,17-18H2,1H3,(H,45,51)/t19-/m1/s1. The smallest absolute Gasteiger partial charge is 0.420 e. The molecule has 6 heterocycles. The molecule has 0 saturated heterocycles. The van der Waals surface area contributed by atoms with Crippen LogP contribution < -0.4 is 10.1 Å². The zero-order valence-electron chi connectivity index (χ0n) is 27.6. The molecule has 0 saturated carbocycles. The van der Waals surface area contributed by atoms with Crippen LogP contribution in [0.4, 0.5) is 18.9 Å². The van der Waals surface area contributed by atoms with Crippen LogP contribution in [0.5, 0.6) is 5.75 Å². The summed E-state index contributed by atoms with van der Waals surface area (Å²) >= 11 is 4.88. The van der Waals surface area contributed by atoms with Gasteiger partial charge in [-0.25, -0.2) is 24.6 Å². The Morgan fingerprint density at radius 3 is 2.68 bits per heavy atom. The first-order valence-corrected chi connectivity index (χ1v) is 16.8. The largest absolute Gasteiger partial charge is 0.487 e. The number of aromatic nitrogens is 8. The highest BCUT2D eigenvalue weighted by atomic mass is 35.5. The van der Waals surface area contributed by atoms with Gasteiger partial charge in [0.2, 0.25) is 5.95 Å². The molecule has 0 bridgehead atoms. The lowest BCUT2D eigenvalue weighted by molar-refractivity contribution is -0.0964. The summed E-state index contributed by atoms with van der Waals surface area (Å²) in [5, 5.41) is 7.65. The van der Waals surface area contributed by atoms with Gasteiger partial charge in [-0.3, -0.25) is 9.78 Å². The number of carbonyl (C=O) groups is 1. The van der Waals surface area contributed by atoms with Gasteiger partial charge in [0.25, 0.3) is 11.9 Å². The first kappa shape index (κ1) is 32.7. The Labute approximate surface area is 303 Å². The maximum atomic E-state index is 14.4. The van der Waals surface area contributed by atoms with Gasteiger partial charge in [0, 0.05) is 76.3 Å². The van der Waals surface area contributed by atoms with E-state index in [0.717, 1.165) is 39.3 Å². The van der Waals surface area contributed by atoms with E-state index in [1.54, 1.807) is 47.4 Å². The summed E-state index contributed by atoms with van der Waals surface area (Å²) in [4.78, 5) is 36.0. The van der Waals surface area contributed by atoms with Gasteiger partial charge in [-0.05, 0) is 67.6 Å². The van der Waals surface area contributed by atoms with Gasteiger partial charge in [-0.2, -0.15) is 9.49 Å². The van der Waals surface area contributed by atoms with Crippen LogP contribution in [0.2, 0.25) is 0 Å². The predicted molar refractivity (Wildman–Crippen MR) is 187 cm³/mol. The summed E-state index contributed by atoms with van der Waals surface area (Å²) in [6.07, 6.45) is 7.07. The molecule has 2 aliphatic rings. The molecule has 1 amide bonds. The number of nitrogens with zero attached hydrogens (tertiary/aromatic N) is 8. The number of rotatable bonds is 7. The Morgan fingerprint density at radius 1 is 1.02 bits per heavy atom. The second-order valence-electron chi connectivity index (χ2n) is 12.6. The van der Waals surface area contributed by atoms with Crippen LogP contribution in [-0.4, -0.2) is 57.3 Å². The van der Waals surface area contributed by atoms with Gasteiger partial charge in [0.15, 0.2) is 0 Å². The minimum absolute atomic E-state index is 0.0242. The third kappa shape index (κ3) is 6.02. The molecule has 1 aliphatic carbocycles. The average molecular weight is 736 g/mol. The minimum atomic E-state index is -3.86. The predicted octanol–water partition coefficient (Wildman–Crippen LogP) is 7.36. The molecular formula is C37H25ClF3N9O3. The van der Waals surface area contributed by atoms with E-state index < -0.39 is 17.4 Å². The molecule has 5 aromatic heterocycles. The van der Waals surface area contributed by atoms with Gasteiger partial charge in [0.1, 0.15) is 18.2 Å². The fourth-order valence-electron chi connectivity index (χ4n) is 6.77. The highest BCUT2D eigenvalue weighted by molar-refractivity contribution is 6.20. The molecular weight excluding hydrogens is 711 g/mol. The van der Waals surface area contributed by atoms with Crippen LogP contribution >= 0.6 is 11.6 Å². The Morgan fingerprint density at radius 2 is 1.87 bits per heavy atom. The van der Waals surface area contributed by atoms with E-state index in [2.05, 4.69) is 29.6 Å². The number of hydrogen-bond donors (Lipinski definition) is 1. The second kappa shape index (κ2) is 12.5. The van der Waals surface area contributed by atoms with Gasteiger partial charge in [-0.1, -0.05) is 0 Å². The molecule has 0 radical (unpaired) electrons. The summed E-state index contributed by atoms with van der Waals surface area (Å²) in [5.74, 6) is -0.236. The van der Waals surface area contributed by atoms with E-state index in [0.29, 0.717) is 47.8 Å². The van der Waals surface area contributed by atoms with Crippen molar-refractivity contribution in [2.45, 2.75) is 31.6 Å². The number of alkyl halides is 3. The van der Waals surface area contributed by atoms with E-state index in [-0.39, 0.29) is 23.3 Å². The van der Waals surface area contributed by atoms with Crippen molar-refractivity contribution in [2.24, 2.45) is 0 Å². The Hall–Kier alpha value is -6.19. The summed E-state index contributed by atoms with van der Waals surface area (Å²) < 4.78 is 54.4. The molecule has 264 valence electrons. The molecule has 0 unspecified atom stereocenters. The monoisotopic (exact) mass is 735 g/mol. The number of carbonyl (C=O) groups excluding carboxylic acids is 1. The number of benzene rings is 2. The van der Waals surface area contributed by atoms with Crippen LogP contribution in [0.15, 0.2) is 85.5 Å². The molecule has 1 N–H and O–H groups in total. The van der Waals surface area contributed by atoms with Gasteiger partial charge in [-0.15, -0.1) is 8.78 Å². The summed E-state index contributed by atoms with van der Waals surface area (Å²) in [7, 11) is 0. The lowest BCUT2D eigenvalue weighted by atomic mass is 9.99. The van der Waals surface area contributed by atoms with Gasteiger partial charge >= 0.3 is 5.57 Å². The quantitative estimate of drug-likeness (QED) is 0.132. The van der Waals surface area contributed by atoms with E-state index in [4.69, 9.17) is 31.4 Å². The van der Waals surface area contributed by atoms with E-state index in [1.807, 2.05) is 19.2 Å². The van der Waals surface area contributed by atoms with Crippen molar-refractivity contribution < 1.29 is 27.4 Å². The normalized spacial score (nSPS) is 14.8. The highest BCUT2D eigenvalue weighted by Gasteiger charge is 2.29. The number of ether oxygens (including phenoxy) is 2. The second-order valence-corrected chi connectivity index (χ2v) is 13.0. The SMILES string of the molecule is C[C@@H]1COCc2nc3cc(C(=O)Nc4ccc(OC(F)(F)Cl)cc4)cc(-c4cnc5c(c4)-c4nn(-c6nccc(-c7cccnc7F)n6)cc4C5)c3n21. The molecule has 1 aliphatic heterocycles. The number of fused-ring (bicyclic) bond motifs is 6. The van der Waals surface area contributed by atoms with Crippen molar-refractivity contribution >= 4 is 34.2 Å². The topological polar surface area (TPSA) is 135 Å². The number of halogens is 4. The van der Waals surface area contributed by atoms with Crippen LogP contribution in [-0.2, 0) is 17.8 Å². The van der Waals surface area contributed by atoms with Crippen molar-refractivity contribution in [1.82, 2.24) is 39.3 Å². The maximum Gasteiger partial charge on any atom is 0.487 e. The number of hydrogen-bond acceptors (Lipinski definition) is 9. The molecule has 2 aromatic carbocycles. The average Bonchev–Trinajstić information content (AvgIpc) is 3.83. The summed E-state index contributed by atoms with van der Waals surface area (Å²) in [6.45, 7) is 2.85. The number of pyridine rings is 2. The van der Waals surface area contributed by atoms with E-state index >= 15 is 0 Å². The molecule has 0 fully saturated rings. The van der Waals surface area contributed by atoms with Crippen LogP contribution in [0.1, 0.15) is 40.4 Å². The van der Waals surface area contributed by atoms with Crippen molar-refractivity contribution in [3.63, 3.8) is 0 Å². The maximum absolute atomic E-state index is 14.4. The molecule has 0 spiro atoms. The van der Waals surface area contributed by atoms with E-state index in [1.165, 1.54) is 30.5 Å². The first-order valence-electron chi connectivity index (χ1n) is 16.4. The lowest BCUT2D eigenvalue weighted by Gasteiger charge is -2.23. The Bertz CT molecular complexity index is 2590. The first-order chi connectivity index (χ1) is 25.6. The molecule has 9 rings (SSSR count). The van der Waals surface area contributed by atoms with Crippen LogP contribution in [0.3, 0.4) is 0 Å². The molecule has 12 nitrogen and oxygen atoms in total. The van der Waals surface area contributed by atoms with Crippen molar-refractivity contribution in [2.75, 3.05) is 11.9 Å². The minimum Gasteiger partial charge on any atom is -0.420 e. The number of anilines is 1. The van der Waals surface area contributed by atoms with Gasteiger partial charge in [0.05, 0.1) is 46.3 Å². The van der Waals surface area contributed by atoms with E-state index in [9.17, 15) is 18.0 Å². The van der Waals surface area contributed by atoms with Gasteiger partial charge < -0.3 is 19.4 Å².